The molecule has 8 heteroatoms. The van der Waals surface area contributed by atoms with Crippen molar-refractivity contribution in [2.24, 2.45) is 5.10 Å². The number of hydrazone groups is 1. The van der Waals surface area contributed by atoms with E-state index in [0.717, 1.165) is 29.7 Å². The van der Waals surface area contributed by atoms with Crippen molar-refractivity contribution in [1.29, 1.82) is 0 Å². The van der Waals surface area contributed by atoms with Gasteiger partial charge in [-0.15, -0.1) is 11.3 Å². The van der Waals surface area contributed by atoms with E-state index >= 15 is 0 Å². The van der Waals surface area contributed by atoms with Crippen LogP contribution in [0.5, 0.6) is 0 Å². The smallest absolute Gasteiger partial charge is 0.241 e. The lowest BCUT2D eigenvalue weighted by Gasteiger charge is -2.25. The number of hydrogen-bond acceptors (Lipinski definition) is 5. The molecule has 2 heterocycles. The van der Waals surface area contributed by atoms with Crippen LogP contribution >= 0.6 is 11.3 Å². The predicted octanol–water partition coefficient (Wildman–Crippen LogP) is 2.51. The maximum atomic E-state index is 12.8. The van der Waals surface area contributed by atoms with Crippen molar-refractivity contribution in [1.82, 2.24) is 10.1 Å². The molecular formula is C19H21N3O3S2. The monoisotopic (exact) mass is 403 g/mol. The number of amides is 1. The number of carbonyl (C=O) groups is 1. The Bertz CT molecular complexity index is 1020. The number of aryl methyl sites for hydroxylation is 2. The number of benzene rings is 1. The van der Waals surface area contributed by atoms with Crippen LogP contribution in [0.1, 0.15) is 40.8 Å². The van der Waals surface area contributed by atoms with E-state index in [1.807, 2.05) is 6.07 Å². The Kier molecular flexibility index (Phi) is 4.88. The first-order valence-corrected chi connectivity index (χ1v) is 11.3. The van der Waals surface area contributed by atoms with Gasteiger partial charge in [0.25, 0.3) is 0 Å². The molecule has 0 saturated heterocycles. The molecule has 2 aromatic rings. The molecule has 2 N–H and O–H groups in total. The Labute approximate surface area is 162 Å². The third kappa shape index (κ3) is 3.69. The zero-order valence-electron chi connectivity index (χ0n) is 15.0. The fraction of sp³-hybridized carbons (Fsp3) is 0.368. The first-order chi connectivity index (χ1) is 12.9. The van der Waals surface area contributed by atoms with Crippen LogP contribution in [0.15, 0.2) is 39.6 Å². The van der Waals surface area contributed by atoms with Crippen LogP contribution in [0.4, 0.5) is 0 Å². The van der Waals surface area contributed by atoms with Gasteiger partial charge >= 0.3 is 0 Å². The summed E-state index contributed by atoms with van der Waals surface area (Å²) in [4.78, 5) is 13.0. The minimum atomic E-state index is -3.56. The van der Waals surface area contributed by atoms with Gasteiger partial charge in [-0.25, -0.2) is 18.6 Å². The summed E-state index contributed by atoms with van der Waals surface area (Å²) in [6.45, 7) is 1.81. The lowest BCUT2D eigenvalue weighted by atomic mass is 9.90. The maximum Gasteiger partial charge on any atom is 0.241 e. The van der Waals surface area contributed by atoms with E-state index in [9.17, 15) is 13.2 Å². The second-order valence-corrected chi connectivity index (χ2v) is 9.62. The standard InChI is InChI=1S/C19H21N3O3S2/c1-12-4-2-3-5-18(12)27(24,25)22-13-6-8-17-14(10-13)15(11-26-17)16-7-9-19(23)21-20-16/h2-5,11,13,22H,6-10H2,1H3,(H,21,23). The Hall–Kier alpha value is -2.03. The zero-order chi connectivity index (χ0) is 19.0. The number of hydrogen-bond donors (Lipinski definition) is 2. The highest BCUT2D eigenvalue weighted by atomic mass is 32.2. The van der Waals surface area contributed by atoms with Gasteiger partial charge in [0.05, 0.1) is 10.6 Å². The second-order valence-electron chi connectivity index (χ2n) is 6.97. The second kappa shape index (κ2) is 7.18. The SMILES string of the molecule is Cc1ccccc1S(=O)(=O)NC1CCc2scc(C3=NNC(=O)CC3)c2C1. The summed E-state index contributed by atoms with van der Waals surface area (Å²) >= 11 is 1.69. The lowest BCUT2D eigenvalue weighted by molar-refractivity contribution is -0.121. The molecule has 1 aromatic heterocycles. The van der Waals surface area contributed by atoms with E-state index in [1.165, 1.54) is 10.4 Å². The highest BCUT2D eigenvalue weighted by Crippen LogP contribution is 2.32. The average Bonchev–Trinajstić information content (AvgIpc) is 3.05. The number of fused-ring (bicyclic) bond motifs is 1. The summed E-state index contributed by atoms with van der Waals surface area (Å²) in [6, 6.07) is 6.88. The minimum Gasteiger partial charge on any atom is -0.273 e. The quantitative estimate of drug-likeness (QED) is 0.822. The van der Waals surface area contributed by atoms with Crippen molar-refractivity contribution in [3.05, 3.63) is 51.2 Å². The van der Waals surface area contributed by atoms with E-state index in [0.29, 0.717) is 24.2 Å². The molecule has 27 heavy (non-hydrogen) atoms. The van der Waals surface area contributed by atoms with Gasteiger partial charge in [-0.3, -0.25) is 4.79 Å². The summed E-state index contributed by atoms with van der Waals surface area (Å²) in [6.07, 6.45) is 3.33. The molecule has 0 spiro atoms. The van der Waals surface area contributed by atoms with Crippen LogP contribution in [-0.2, 0) is 27.7 Å². The Morgan fingerprint density at radius 1 is 1.22 bits per heavy atom. The highest BCUT2D eigenvalue weighted by Gasteiger charge is 2.29. The molecule has 1 aliphatic carbocycles. The fourth-order valence-corrected chi connectivity index (χ4v) is 6.29. The van der Waals surface area contributed by atoms with Gasteiger partial charge < -0.3 is 0 Å². The van der Waals surface area contributed by atoms with E-state index in [2.05, 4.69) is 20.6 Å². The van der Waals surface area contributed by atoms with Crippen molar-refractivity contribution in [3.8, 4) is 0 Å². The van der Waals surface area contributed by atoms with Gasteiger partial charge in [0.15, 0.2) is 0 Å². The van der Waals surface area contributed by atoms with E-state index in [4.69, 9.17) is 0 Å². The van der Waals surface area contributed by atoms with E-state index < -0.39 is 10.0 Å². The van der Waals surface area contributed by atoms with Crippen LogP contribution < -0.4 is 10.1 Å². The number of nitrogens with zero attached hydrogens (tertiary/aromatic N) is 1. The van der Waals surface area contributed by atoms with Crippen LogP contribution in [-0.4, -0.2) is 26.1 Å². The minimum absolute atomic E-state index is 0.0632. The first kappa shape index (κ1) is 18.3. The molecule has 2 aliphatic rings. The third-order valence-corrected chi connectivity index (χ3v) is 7.84. The Balaban J connectivity index is 1.56. The summed E-state index contributed by atoms with van der Waals surface area (Å²) < 4.78 is 28.5. The van der Waals surface area contributed by atoms with Crippen LogP contribution in [0.2, 0.25) is 0 Å². The predicted molar refractivity (Wildman–Crippen MR) is 106 cm³/mol. The van der Waals surface area contributed by atoms with Gasteiger partial charge in [0.2, 0.25) is 15.9 Å². The van der Waals surface area contributed by atoms with E-state index in [1.54, 1.807) is 36.5 Å². The molecule has 1 unspecified atom stereocenters. The third-order valence-electron chi connectivity index (χ3n) is 5.07. The molecule has 1 atom stereocenters. The molecule has 6 nitrogen and oxygen atoms in total. The molecule has 0 bridgehead atoms. The largest absolute Gasteiger partial charge is 0.273 e. The number of thiophene rings is 1. The number of rotatable bonds is 4. The molecule has 0 fully saturated rings. The van der Waals surface area contributed by atoms with Crippen molar-refractivity contribution < 1.29 is 13.2 Å². The number of sulfonamides is 1. The van der Waals surface area contributed by atoms with Gasteiger partial charge in [0.1, 0.15) is 0 Å². The van der Waals surface area contributed by atoms with Gasteiger partial charge in [0, 0.05) is 34.7 Å². The Morgan fingerprint density at radius 3 is 2.78 bits per heavy atom. The number of nitrogens with one attached hydrogen (secondary N) is 2. The van der Waals surface area contributed by atoms with Crippen molar-refractivity contribution in [2.45, 2.75) is 50.0 Å². The molecule has 142 valence electrons. The molecule has 1 aliphatic heterocycles. The number of carbonyl (C=O) groups excluding carboxylic acids is 1. The van der Waals surface area contributed by atoms with Gasteiger partial charge in [-0.2, -0.15) is 5.10 Å². The zero-order valence-corrected chi connectivity index (χ0v) is 16.6. The van der Waals surface area contributed by atoms with Crippen LogP contribution in [0.25, 0.3) is 0 Å². The van der Waals surface area contributed by atoms with Gasteiger partial charge in [-0.1, -0.05) is 18.2 Å². The summed E-state index contributed by atoms with van der Waals surface area (Å²) in [5.74, 6) is -0.0632. The molecule has 1 aromatic carbocycles. The van der Waals surface area contributed by atoms with Crippen molar-refractivity contribution >= 4 is 33.0 Å². The van der Waals surface area contributed by atoms with Crippen molar-refractivity contribution in [2.75, 3.05) is 0 Å². The average molecular weight is 404 g/mol. The fourth-order valence-electron chi connectivity index (χ4n) is 3.66. The Morgan fingerprint density at radius 2 is 2.04 bits per heavy atom. The van der Waals surface area contributed by atoms with Gasteiger partial charge in [-0.05, 0) is 43.4 Å². The molecular weight excluding hydrogens is 382 g/mol. The normalized spacial score (nSPS) is 20.0. The maximum absolute atomic E-state index is 12.8. The topological polar surface area (TPSA) is 87.6 Å². The molecule has 4 rings (SSSR count). The van der Waals surface area contributed by atoms with Crippen LogP contribution in [0, 0.1) is 6.92 Å². The molecule has 1 amide bonds. The van der Waals surface area contributed by atoms with E-state index in [-0.39, 0.29) is 11.9 Å². The molecule has 0 radical (unpaired) electrons. The van der Waals surface area contributed by atoms with Crippen LogP contribution in [0.3, 0.4) is 0 Å². The summed E-state index contributed by atoms with van der Waals surface area (Å²) in [5, 5.41) is 6.29. The summed E-state index contributed by atoms with van der Waals surface area (Å²) in [7, 11) is -3.56. The lowest BCUT2D eigenvalue weighted by Crippen LogP contribution is -2.39. The highest BCUT2D eigenvalue weighted by molar-refractivity contribution is 7.89. The molecule has 0 saturated carbocycles. The summed E-state index contributed by atoms with van der Waals surface area (Å²) in [5.41, 5.74) is 6.39. The van der Waals surface area contributed by atoms with Crippen molar-refractivity contribution in [3.63, 3.8) is 0 Å². The first-order valence-electron chi connectivity index (χ1n) is 8.97.